The van der Waals surface area contributed by atoms with Crippen LogP contribution in [0.3, 0.4) is 0 Å². The number of halogens is 2. The number of nitrogens with zero attached hydrogens (tertiary/aromatic N) is 5. The van der Waals surface area contributed by atoms with Crippen LogP contribution in [0.4, 0.5) is 5.82 Å². The fourth-order valence-electron chi connectivity index (χ4n) is 5.21. The van der Waals surface area contributed by atoms with Gasteiger partial charge >= 0.3 is 5.97 Å². The number of carbonyl (C=O) groups is 2. The van der Waals surface area contributed by atoms with E-state index >= 15 is 0 Å². The Morgan fingerprint density at radius 1 is 1.02 bits per heavy atom. The molecule has 1 saturated heterocycles. The Hall–Kier alpha value is -4.37. The lowest BCUT2D eigenvalue weighted by molar-refractivity contribution is -0.141. The van der Waals surface area contributed by atoms with E-state index in [0.29, 0.717) is 56.2 Å². The molecular weight excluding hydrogens is 717 g/mol. The number of benzene rings is 2. The van der Waals surface area contributed by atoms with Crippen molar-refractivity contribution >= 4 is 64.8 Å². The minimum absolute atomic E-state index is 0. The molecular formula is C35H35Cl2N7O4S2. The third kappa shape index (κ3) is 9.44. The zero-order valence-electron chi connectivity index (χ0n) is 27.3. The predicted molar refractivity (Wildman–Crippen MR) is 198 cm³/mol. The number of aromatic nitrogens is 2. The van der Waals surface area contributed by atoms with Gasteiger partial charge in [0, 0.05) is 46.9 Å². The summed E-state index contributed by atoms with van der Waals surface area (Å²) >= 11 is 9.01. The predicted octanol–water partition coefficient (Wildman–Crippen LogP) is 6.53. The van der Waals surface area contributed by atoms with Crippen LogP contribution in [0.1, 0.15) is 43.5 Å². The molecule has 1 fully saturated rings. The highest BCUT2D eigenvalue weighted by Gasteiger charge is 2.26. The summed E-state index contributed by atoms with van der Waals surface area (Å²) in [5.74, 6) is 0.126. The maximum Gasteiger partial charge on any atom is 0.325 e. The summed E-state index contributed by atoms with van der Waals surface area (Å²) in [6.45, 7) is 5.22. The number of hydrogen-bond donors (Lipinski definition) is 3. The highest BCUT2D eigenvalue weighted by atomic mass is 35.5. The highest BCUT2D eigenvalue weighted by molar-refractivity contribution is 7.98. The molecule has 1 amide bonds. The van der Waals surface area contributed by atoms with Crippen LogP contribution in [0.15, 0.2) is 58.9 Å². The van der Waals surface area contributed by atoms with Crippen LogP contribution < -0.4 is 20.3 Å². The van der Waals surface area contributed by atoms with Gasteiger partial charge in [-0.3, -0.25) is 9.59 Å². The zero-order valence-corrected chi connectivity index (χ0v) is 30.5. The lowest BCUT2D eigenvalue weighted by atomic mass is 9.96. The second-order valence-corrected chi connectivity index (χ2v) is 13.6. The largest absolute Gasteiger partial charge is 0.492 e. The van der Waals surface area contributed by atoms with Crippen molar-refractivity contribution in [2.24, 2.45) is 0 Å². The number of nitrogens with one attached hydrogen (secondary N) is 2. The smallest absolute Gasteiger partial charge is 0.325 e. The van der Waals surface area contributed by atoms with E-state index in [1.54, 1.807) is 19.1 Å². The Morgan fingerprint density at radius 3 is 2.32 bits per heavy atom. The van der Waals surface area contributed by atoms with E-state index in [1.165, 1.54) is 30.0 Å². The molecule has 1 aliphatic heterocycles. The van der Waals surface area contributed by atoms with Crippen molar-refractivity contribution in [3.8, 4) is 39.6 Å². The number of ether oxygens (including phenoxy) is 1. The zero-order chi connectivity index (χ0) is 34.9. The second-order valence-electron chi connectivity index (χ2n) is 11.3. The van der Waals surface area contributed by atoms with E-state index in [-0.39, 0.29) is 19.0 Å². The number of amides is 1. The molecule has 3 heterocycles. The lowest BCUT2D eigenvalue weighted by Crippen LogP contribution is -2.48. The second kappa shape index (κ2) is 18.0. The van der Waals surface area contributed by atoms with Gasteiger partial charge in [0.2, 0.25) is 5.91 Å². The normalized spacial score (nSPS) is 13.4. The van der Waals surface area contributed by atoms with Crippen LogP contribution >= 0.6 is 47.1 Å². The lowest BCUT2D eigenvalue weighted by Gasteiger charge is -2.22. The molecule has 1 aliphatic rings. The number of thioether (sulfide) groups is 1. The van der Waals surface area contributed by atoms with E-state index in [0.717, 1.165) is 42.2 Å². The monoisotopic (exact) mass is 751 g/mol. The van der Waals surface area contributed by atoms with Crippen molar-refractivity contribution in [2.75, 3.05) is 31.1 Å². The molecule has 2 aromatic heterocycles. The SMILES string of the molecule is C[C@H](NC(=O)[C@H](C)NCCOc1ccc(-c2c(C#N)c(SCc3csc(-c4ccc(Cl)cc4)n3)nc(N3CCCC3)c2C#N)cc1)C(=O)O.Cl. The summed E-state index contributed by atoms with van der Waals surface area (Å²) in [6.07, 6.45) is 2.00. The minimum Gasteiger partial charge on any atom is -0.492 e. The Kier molecular flexibility index (Phi) is 13.9. The van der Waals surface area contributed by atoms with Crippen molar-refractivity contribution in [1.29, 1.82) is 10.5 Å². The Labute approximate surface area is 310 Å². The maximum atomic E-state index is 12.2. The summed E-state index contributed by atoms with van der Waals surface area (Å²) in [5, 5.41) is 39.3. The molecule has 0 radical (unpaired) electrons. The van der Waals surface area contributed by atoms with Crippen molar-refractivity contribution in [3.63, 3.8) is 0 Å². The van der Waals surface area contributed by atoms with E-state index in [9.17, 15) is 20.1 Å². The molecule has 3 N–H and O–H groups in total. The standard InChI is InChI=1S/C35H34ClN7O4S2.ClH/c1-21(32(44)40-22(2)35(45)46)39-13-16-47-27-11-7-23(8-12-27)30-28(17-37)31(43-14-3-4-15-43)42-34(29(30)18-38)49-20-26-19-48-33(41-26)24-5-9-25(36)10-6-24;/h5-12,19,21-22,39H,3-4,13-16,20H2,1-2H3,(H,40,44)(H,45,46);1H/t21-,22-;/m0./s1. The Balaban J connectivity index is 0.00000562. The van der Waals surface area contributed by atoms with E-state index in [2.05, 4.69) is 27.7 Å². The third-order valence-electron chi connectivity index (χ3n) is 7.86. The molecule has 15 heteroatoms. The summed E-state index contributed by atoms with van der Waals surface area (Å²) < 4.78 is 5.86. The molecule has 4 aromatic rings. The van der Waals surface area contributed by atoms with Crippen molar-refractivity contribution < 1.29 is 19.4 Å². The van der Waals surface area contributed by atoms with Gasteiger partial charge in [0.25, 0.3) is 0 Å². The molecule has 0 unspecified atom stereocenters. The topological polar surface area (TPSA) is 164 Å². The van der Waals surface area contributed by atoms with Gasteiger partial charge in [0.05, 0.1) is 17.3 Å². The van der Waals surface area contributed by atoms with Crippen LogP contribution in [-0.4, -0.2) is 65.3 Å². The number of hydrogen-bond acceptors (Lipinski definition) is 11. The quantitative estimate of drug-likeness (QED) is 0.0948. The molecule has 2 atom stereocenters. The average molecular weight is 753 g/mol. The van der Waals surface area contributed by atoms with E-state index < -0.39 is 24.0 Å². The molecule has 50 heavy (non-hydrogen) atoms. The van der Waals surface area contributed by atoms with Gasteiger partial charge in [-0.2, -0.15) is 10.5 Å². The molecule has 0 aliphatic carbocycles. The van der Waals surface area contributed by atoms with E-state index in [1.807, 2.05) is 41.8 Å². The summed E-state index contributed by atoms with van der Waals surface area (Å²) in [4.78, 5) is 35.0. The number of carbonyl (C=O) groups excluding carboxylic acids is 1. The molecule has 11 nitrogen and oxygen atoms in total. The molecule has 2 aromatic carbocycles. The summed E-state index contributed by atoms with van der Waals surface area (Å²) in [5.41, 5.74) is 3.77. The van der Waals surface area contributed by atoms with Crippen molar-refractivity contribution in [3.05, 3.63) is 75.8 Å². The first-order chi connectivity index (χ1) is 23.7. The van der Waals surface area contributed by atoms with Crippen LogP contribution in [0, 0.1) is 22.7 Å². The molecule has 0 bridgehead atoms. The molecule has 260 valence electrons. The van der Waals surface area contributed by atoms with Crippen LogP contribution in [-0.2, 0) is 15.3 Å². The number of nitriles is 2. The molecule has 0 spiro atoms. The fourth-order valence-corrected chi connectivity index (χ4v) is 7.14. The first-order valence-corrected chi connectivity index (χ1v) is 17.9. The van der Waals surface area contributed by atoms with Gasteiger partial charge < -0.3 is 25.4 Å². The van der Waals surface area contributed by atoms with Crippen LogP contribution in [0.5, 0.6) is 5.75 Å². The maximum absolute atomic E-state index is 12.2. The fraction of sp³-hybridized carbons (Fsp3) is 0.314. The van der Waals surface area contributed by atoms with E-state index in [4.69, 9.17) is 31.4 Å². The number of aliphatic carboxylic acids is 1. The van der Waals surface area contributed by atoms with Gasteiger partial charge in [-0.15, -0.1) is 23.7 Å². The Morgan fingerprint density at radius 2 is 1.68 bits per heavy atom. The third-order valence-corrected chi connectivity index (χ3v) is 10.1. The number of thiazole rings is 1. The molecule has 5 rings (SSSR count). The van der Waals surface area contributed by atoms with Gasteiger partial charge in [0.15, 0.2) is 0 Å². The number of pyridine rings is 1. The first-order valence-electron chi connectivity index (χ1n) is 15.6. The average Bonchev–Trinajstić information content (AvgIpc) is 3.82. The van der Waals surface area contributed by atoms with Crippen LogP contribution in [0.25, 0.3) is 21.7 Å². The Bertz CT molecular complexity index is 1890. The van der Waals surface area contributed by atoms with Gasteiger partial charge in [0.1, 0.15) is 52.0 Å². The van der Waals surface area contributed by atoms with Crippen molar-refractivity contribution in [2.45, 2.75) is 49.6 Å². The van der Waals surface area contributed by atoms with Gasteiger partial charge in [-0.1, -0.05) is 47.6 Å². The van der Waals surface area contributed by atoms with Gasteiger partial charge in [-0.25, -0.2) is 9.97 Å². The van der Waals surface area contributed by atoms with Gasteiger partial charge in [-0.05, 0) is 56.5 Å². The molecule has 0 saturated carbocycles. The van der Waals surface area contributed by atoms with Crippen molar-refractivity contribution in [1.82, 2.24) is 20.6 Å². The first kappa shape index (κ1) is 38.4. The summed E-state index contributed by atoms with van der Waals surface area (Å²) in [7, 11) is 0. The number of anilines is 1. The van der Waals surface area contributed by atoms with Crippen LogP contribution in [0.2, 0.25) is 5.02 Å². The number of rotatable bonds is 14. The number of carboxylic acid groups (broad SMARTS) is 1. The highest BCUT2D eigenvalue weighted by Crippen LogP contribution is 2.40. The minimum atomic E-state index is -1.11. The number of carboxylic acids is 1. The summed E-state index contributed by atoms with van der Waals surface area (Å²) in [6, 6.07) is 17.8.